The number of carbonyl (C=O) groups excluding carboxylic acids is 1. The van der Waals surface area contributed by atoms with Crippen LogP contribution in [0.15, 0.2) is 71.3 Å². The molecule has 3 aromatic heterocycles. The largest absolute Gasteiger partial charge is 0.461 e. The first-order valence-corrected chi connectivity index (χ1v) is 9.99. The molecule has 5 aromatic rings. The summed E-state index contributed by atoms with van der Waals surface area (Å²) in [7, 11) is 0. The van der Waals surface area contributed by atoms with Gasteiger partial charge in [-0.25, -0.2) is 0 Å². The van der Waals surface area contributed by atoms with Gasteiger partial charge in [0, 0.05) is 12.1 Å². The first-order chi connectivity index (χ1) is 16.1. The van der Waals surface area contributed by atoms with E-state index in [1.54, 1.807) is 36.4 Å². The summed E-state index contributed by atoms with van der Waals surface area (Å²) in [5, 5.41) is 10.2. The van der Waals surface area contributed by atoms with Crippen molar-refractivity contribution < 1.29 is 9.21 Å². The number of nitrogens with zero attached hydrogens (tertiary/aromatic N) is 5. The smallest absolute Gasteiger partial charge is 0.259 e. The number of hydrogen-bond donors (Lipinski definition) is 4. The summed E-state index contributed by atoms with van der Waals surface area (Å²) in [5.74, 6) is 1.37. The maximum absolute atomic E-state index is 12.5. The predicted molar refractivity (Wildman–Crippen MR) is 123 cm³/mol. The number of benzene rings is 2. The van der Waals surface area contributed by atoms with Crippen LogP contribution in [0.5, 0.6) is 0 Å². The normalized spacial score (nSPS) is 10.9. The standard InChI is InChI=1S/C22H19N9O2/c23-15-4-1-2-5-16(15)26-19(32)14-9-7-13(8-10-14)12-25-21-28-20(24)31-22(29-21)27-18(30-31)17-6-3-11-33-17/h1-11H,12,23H2,(H,26,32)(H3,24,25,27,28,29,30). The SMILES string of the molecule is Nc1ccccc1NC(=O)c1ccc(CNc2nc(N)n3nc(-c4ccco4)nc3n2)cc1. The van der Waals surface area contributed by atoms with Crippen molar-refractivity contribution in [1.29, 1.82) is 0 Å². The van der Waals surface area contributed by atoms with E-state index >= 15 is 0 Å². The second kappa shape index (κ2) is 8.30. The second-order valence-corrected chi connectivity index (χ2v) is 7.12. The highest BCUT2D eigenvalue weighted by atomic mass is 16.3. The zero-order valence-electron chi connectivity index (χ0n) is 17.3. The molecule has 0 saturated heterocycles. The van der Waals surface area contributed by atoms with Crippen molar-refractivity contribution in [3.8, 4) is 11.6 Å². The van der Waals surface area contributed by atoms with Gasteiger partial charge in [-0.1, -0.05) is 24.3 Å². The second-order valence-electron chi connectivity index (χ2n) is 7.12. The number of aromatic nitrogens is 5. The number of para-hydroxylation sites is 2. The van der Waals surface area contributed by atoms with Gasteiger partial charge in [0.2, 0.25) is 17.7 Å². The Balaban J connectivity index is 1.26. The van der Waals surface area contributed by atoms with Crippen molar-refractivity contribution in [1.82, 2.24) is 24.6 Å². The van der Waals surface area contributed by atoms with Crippen LogP contribution in [0.3, 0.4) is 0 Å². The molecule has 1 amide bonds. The number of hydrogen-bond acceptors (Lipinski definition) is 9. The molecule has 0 fully saturated rings. The number of anilines is 4. The van der Waals surface area contributed by atoms with Gasteiger partial charge in [-0.3, -0.25) is 4.79 Å². The van der Waals surface area contributed by atoms with E-state index in [2.05, 4.69) is 30.7 Å². The van der Waals surface area contributed by atoms with Gasteiger partial charge in [-0.05, 0) is 42.0 Å². The maximum atomic E-state index is 12.5. The maximum Gasteiger partial charge on any atom is 0.259 e. The first kappa shape index (κ1) is 20.0. The third-order valence-corrected chi connectivity index (χ3v) is 4.85. The van der Waals surface area contributed by atoms with Crippen LogP contribution in [-0.2, 0) is 6.54 Å². The van der Waals surface area contributed by atoms with Crippen LogP contribution >= 0.6 is 0 Å². The van der Waals surface area contributed by atoms with E-state index in [0.29, 0.717) is 46.8 Å². The summed E-state index contributed by atoms with van der Waals surface area (Å²) in [5.41, 5.74) is 14.4. The third-order valence-electron chi connectivity index (χ3n) is 4.85. The fourth-order valence-electron chi connectivity index (χ4n) is 3.16. The topological polar surface area (TPSA) is 162 Å². The minimum absolute atomic E-state index is 0.139. The Morgan fingerprint density at radius 3 is 2.55 bits per heavy atom. The Labute approximate surface area is 187 Å². The van der Waals surface area contributed by atoms with Gasteiger partial charge in [0.15, 0.2) is 5.76 Å². The lowest BCUT2D eigenvalue weighted by Gasteiger charge is -2.09. The van der Waals surface area contributed by atoms with E-state index in [0.717, 1.165) is 5.56 Å². The summed E-state index contributed by atoms with van der Waals surface area (Å²) >= 11 is 0. The summed E-state index contributed by atoms with van der Waals surface area (Å²) in [6, 6.07) is 17.7. The monoisotopic (exact) mass is 441 g/mol. The highest BCUT2D eigenvalue weighted by Gasteiger charge is 2.14. The first-order valence-electron chi connectivity index (χ1n) is 9.99. The van der Waals surface area contributed by atoms with Gasteiger partial charge in [0.05, 0.1) is 17.6 Å². The number of rotatable bonds is 6. The van der Waals surface area contributed by atoms with Gasteiger partial charge in [-0.15, -0.1) is 5.10 Å². The molecule has 6 N–H and O–H groups in total. The summed E-state index contributed by atoms with van der Waals surface area (Å²) in [6.45, 7) is 0.419. The van der Waals surface area contributed by atoms with E-state index in [-0.39, 0.29) is 11.9 Å². The molecule has 0 saturated carbocycles. The fourth-order valence-corrected chi connectivity index (χ4v) is 3.16. The molecule has 33 heavy (non-hydrogen) atoms. The number of furan rings is 1. The Bertz CT molecular complexity index is 1430. The molecule has 0 radical (unpaired) electrons. The Morgan fingerprint density at radius 1 is 0.970 bits per heavy atom. The molecular formula is C22H19N9O2. The summed E-state index contributed by atoms with van der Waals surface area (Å²) in [6.07, 6.45) is 1.54. The predicted octanol–water partition coefficient (Wildman–Crippen LogP) is 2.81. The van der Waals surface area contributed by atoms with E-state index in [1.165, 1.54) is 10.8 Å². The average Bonchev–Trinajstić information content (AvgIpc) is 3.50. The quantitative estimate of drug-likeness (QED) is 0.290. The lowest BCUT2D eigenvalue weighted by molar-refractivity contribution is 0.102. The van der Waals surface area contributed by atoms with Crippen molar-refractivity contribution in [2.75, 3.05) is 22.1 Å². The van der Waals surface area contributed by atoms with E-state index in [9.17, 15) is 4.79 Å². The van der Waals surface area contributed by atoms with Gasteiger partial charge in [0.1, 0.15) is 0 Å². The number of fused-ring (bicyclic) bond motifs is 1. The van der Waals surface area contributed by atoms with Crippen molar-refractivity contribution in [2.45, 2.75) is 6.54 Å². The van der Waals surface area contributed by atoms with Crippen LogP contribution < -0.4 is 22.1 Å². The molecule has 164 valence electrons. The number of nitrogens with one attached hydrogen (secondary N) is 2. The van der Waals surface area contributed by atoms with Crippen LogP contribution in [0.4, 0.5) is 23.3 Å². The average molecular weight is 441 g/mol. The third kappa shape index (κ3) is 4.14. The van der Waals surface area contributed by atoms with Crippen LogP contribution in [0, 0.1) is 0 Å². The molecule has 0 unspecified atom stereocenters. The van der Waals surface area contributed by atoms with Gasteiger partial charge in [0.25, 0.3) is 11.7 Å². The van der Waals surface area contributed by atoms with Crippen LogP contribution in [0.2, 0.25) is 0 Å². The fraction of sp³-hybridized carbons (Fsp3) is 0.0455. The van der Waals surface area contributed by atoms with Crippen LogP contribution in [0.1, 0.15) is 15.9 Å². The molecule has 0 aliphatic carbocycles. The zero-order chi connectivity index (χ0) is 22.8. The Kier molecular flexibility index (Phi) is 5.03. The molecule has 0 atom stereocenters. The Morgan fingerprint density at radius 2 is 1.79 bits per heavy atom. The van der Waals surface area contributed by atoms with Crippen LogP contribution in [0.25, 0.3) is 17.4 Å². The van der Waals surface area contributed by atoms with E-state index in [4.69, 9.17) is 15.9 Å². The van der Waals surface area contributed by atoms with Gasteiger partial charge < -0.3 is 26.5 Å². The number of amides is 1. The van der Waals surface area contributed by atoms with Crippen molar-refractivity contribution in [2.24, 2.45) is 0 Å². The number of nitrogen functional groups attached to an aromatic ring is 2. The summed E-state index contributed by atoms with van der Waals surface area (Å²) < 4.78 is 6.66. The molecule has 11 heteroatoms. The minimum Gasteiger partial charge on any atom is -0.461 e. The lowest BCUT2D eigenvalue weighted by atomic mass is 10.1. The van der Waals surface area contributed by atoms with E-state index < -0.39 is 0 Å². The van der Waals surface area contributed by atoms with Crippen molar-refractivity contribution >= 4 is 35.0 Å². The van der Waals surface area contributed by atoms with Gasteiger partial charge in [-0.2, -0.15) is 19.5 Å². The lowest BCUT2D eigenvalue weighted by Crippen LogP contribution is -2.13. The highest BCUT2D eigenvalue weighted by Crippen LogP contribution is 2.19. The Hall–Kier alpha value is -4.93. The number of carbonyl (C=O) groups is 1. The molecule has 2 aromatic carbocycles. The summed E-state index contributed by atoms with van der Waals surface area (Å²) in [4.78, 5) is 25.4. The van der Waals surface area contributed by atoms with E-state index in [1.807, 2.05) is 24.3 Å². The molecule has 5 rings (SSSR count). The van der Waals surface area contributed by atoms with Gasteiger partial charge >= 0.3 is 0 Å². The molecule has 0 aliphatic rings. The molecule has 0 aliphatic heterocycles. The molecule has 0 spiro atoms. The molecule has 11 nitrogen and oxygen atoms in total. The molecule has 0 bridgehead atoms. The highest BCUT2D eigenvalue weighted by molar-refractivity contribution is 6.05. The zero-order valence-corrected chi connectivity index (χ0v) is 17.3. The molecule has 3 heterocycles. The van der Waals surface area contributed by atoms with Crippen molar-refractivity contribution in [3.63, 3.8) is 0 Å². The minimum atomic E-state index is -0.242. The molecular weight excluding hydrogens is 422 g/mol. The van der Waals surface area contributed by atoms with Crippen LogP contribution in [-0.4, -0.2) is 30.5 Å². The van der Waals surface area contributed by atoms with Crippen molar-refractivity contribution in [3.05, 3.63) is 78.1 Å². The number of nitrogens with two attached hydrogens (primary N) is 2.